The largest absolute Gasteiger partial charge is 0.473 e. The van der Waals surface area contributed by atoms with Crippen molar-refractivity contribution in [1.29, 1.82) is 0 Å². The number of H-pyrrole nitrogens is 1. The van der Waals surface area contributed by atoms with E-state index < -0.39 is 0 Å². The van der Waals surface area contributed by atoms with Gasteiger partial charge in [0.25, 0.3) is 0 Å². The Hall–Kier alpha value is -0.940. The van der Waals surface area contributed by atoms with E-state index in [2.05, 4.69) is 24.0 Å². The molecule has 1 aliphatic rings. The fraction of sp³-hybridized carbons (Fsp3) is 0.636. The number of nitrogens with one attached hydrogen (secondary N) is 1. The average molecular weight is 240 g/mol. The average Bonchev–Trinajstić information content (AvgIpc) is 2.20. The molecule has 1 aromatic rings. The molecule has 0 aliphatic carbocycles. The van der Waals surface area contributed by atoms with E-state index in [1.807, 2.05) is 0 Å². The van der Waals surface area contributed by atoms with Crippen LogP contribution in [0, 0.1) is 4.64 Å². The number of hydrogen-bond acceptors (Lipinski definition) is 4. The normalized spacial score (nSPS) is 30.0. The number of hydrogen-bond donors (Lipinski definition) is 1. The minimum atomic E-state index is 0.177. The lowest BCUT2D eigenvalue weighted by atomic mass is 10.0. The van der Waals surface area contributed by atoms with Crippen molar-refractivity contribution in [1.82, 2.24) is 10.2 Å². The van der Waals surface area contributed by atoms with Crippen molar-refractivity contribution in [3.05, 3.63) is 16.8 Å². The number of rotatable bonds is 2. The van der Waals surface area contributed by atoms with E-state index in [0.29, 0.717) is 10.5 Å². The summed E-state index contributed by atoms with van der Waals surface area (Å²) in [5, 5.41) is 6.75. The number of aromatic amines is 1. The Labute approximate surface area is 100.0 Å². The SMILES string of the molecule is C[C@@H]1CC(Oc2ccc(=S)[nH]n2)C[C@H](C)O1. The predicted octanol–water partition coefficient (Wildman–Crippen LogP) is 2.47. The lowest BCUT2D eigenvalue weighted by molar-refractivity contribution is -0.0731. The molecule has 0 bridgehead atoms. The summed E-state index contributed by atoms with van der Waals surface area (Å²) in [7, 11) is 0. The van der Waals surface area contributed by atoms with E-state index in [-0.39, 0.29) is 18.3 Å². The molecule has 1 aromatic heterocycles. The monoisotopic (exact) mass is 240 g/mol. The van der Waals surface area contributed by atoms with Crippen molar-refractivity contribution in [2.75, 3.05) is 0 Å². The van der Waals surface area contributed by atoms with Gasteiger partial charge in [-0.1, -0.05) is 12.2 Å². The van der Waals surface area contributed by atoms with Gasteiger partial charge < -0.3 is 9.47 Å². The third-order valence-corrected chi connectivity index (χ3v) is 2.82. The van der Waals surface area contributed by atoms with E-state index in [9.17, 15) is 0 Å². The van der Waals surface area contributed by atoms with E-state index in [1.165, 1.54) is 0 Å². The molecular formula is C11H16N2O2S. The zero-order valence-corrected chi connectivity index (χ0v) is 10.3. The van der Waals surface area contributed by atoms with Crippen LogP contribution in [-0.2, 0) is 4.74 Å². The van der Waals surface area contributed by atoms with Gasteiger partial charge in [-0.25, -0.2) is 0 Å². The van der Waals surface area contributed by atoms with Gasteiger partial charge in [-0.15, -0.1) is 5.10 Å². The maximum atomic E-state index is 5.78. The van der Waals surface area contributed by atoms with Crippen molar-refractivity contribution in [3.8, 4) is 5.88 Å². The molecule has 1 aliphatic heterocycles. The van der Waals surface area contributed by atoms with Gasteiger partial charge in [0.1, 0.15) is 10.7 Å². The second-order valence-electron chi connectivity index (χ2n) is 4.23. The van der Waals surface area contributed by atoms with Crippen LogP contribution < -0.4 is 4.74 Å². The van der Waals surface area contributed by atoms with Crippen LogP contribution in [0.5, 0.6) is 5.88 Å². The van der Waals surface area contributed by atoms with E-state index >= 15 is 0 Å². The van der Waals surface area contributed by atoms with E-state index in [4.69, 9.17) is 21.7 Å². The second kappa shape index (κ2) is 4.93. The summed E-state index contributed by atoms with van der Waals surface area (Å²) in [6.45, 7) is 4.13. The van der Waals surface area contributed by atoms with Gasteiger partial charge in [0.2, 0.25) is 5.88 Å². The van der Waals surface area contributed by atoms with Crippen LogP contribution >= 0.6 is 12.2 Å². The zero-order valence-electron chi connectivity index (χ0n) is 9.47. The predicted molar refractivity (Wildman–Crippen MR) is 63.1 cm³/mol. The summed E-state index contributed by atoms with van der Waals surface area (Å²) in [6, 6.07) is 3.58. The molecule has 0 spiro atoms. The standard InChI is InChI=1S/C11H16N2O2S/c1-7-5-9(6-8(2)14-7)15-10-3-4-11(16)13-12-10/h3-4,7-9H,5-6H2,1-2H3,(H,13,16)/t7-,8+,9?. The smallest absolute Gasteiger partial charge is 0.231 e. The molecule has 0 saturated carbocycles. The van der Waals surface area contributed by atoms with Crippen LogP contribution in [0.25, 0.3) is 0 Å². The Balaban J connectivity index is 1.98. The Morgan fingerprint density at radius 1 is 1.38 bits per heavy atom. The fourth-order valence-electron chi connectivity index (χ4n) is 2.01. The number of aromatic nitrogens is 2. The van der Waals surface area contributed by atoms with Gasteiger partial charge in [0.15, 0.2) is 0 Å². The molecule has 16 heavy (non-hydrogen) atoms. The van der Waals surface area contributed by atoms with E-state index in [1.54, 1.807) is 12.1 Å². The van der Waals surface area contributed by atoms with Crippen molar-refractivity contribution >= 4 is 12.2 Å². The van der Waals surface area contributed by atoms with Crippen molar-refractivity contribution in [2.45, 2.75) is 45.0 Å². The van der Waals surface area contributed by atoms with Crippen LogP contribution in [0.3, 0.4) is 0 Å². The van der Waals surface area contributed by atoms with Crippen LogP contribution in [0.15, 0.2) is 12.1 Å². The van der Waals surface area contributed by atoms with Crippen molar-refractivity contribution in [3.63, 3.8) is 0 Å². The third kappa shape index (κ3) is 3.02. The molecular weight excluding hydrogens is 224 g/mol. The Morgan fingerprint density at radius 2 is 2.06 bits per heavy atom. The van der Waals surface area contributed by atoms with Gasteiger partial charge in [-0.3, -0.25) is 5.10 Å². The maximum Gasteiger partial charge on any atom is 0.231 e. The van der Waals surface area contributed by atoms with Crippen LogP contribution in [0.4, 0.5) is 0 Å². The Morgan fingerprint density at radius 3 is 2.62 bits per heavy atom. The lowest BCUT2D eigenvalue weighted by Gasteiger charge is -2.31. The third-order valence-electron chi connectivity index (χ3n) is 2.60. The van der Waals surface area contributed by atoms with Crippen molar-refractivity contribution in [2.24, 2.45) is 0 Å². The quantitative estimate of drug-likeness (QED) is 0.807. The minimum absolute atomic E-state index is 0.177. The molecule has 1 N–H and O–H groups in total. The summed E-state index contributed by atoms with van der Waals surface area (Å²) in [5.41, 5.74) is 0. The molecule has 2 rings (SSSR count). The van der Waals surface area contributed by atoms with Gasteiger partial charge in [0, 0.05) is 18.9 Å². The Bertz CT molecular complexity index is 377. The molecule has 88 valence electrons. The minimum Gasteiger partial charge on any atom is -0.473 e. The molecule has 0 aromatic carbocycles. The van der Waals surface area contributed by atoms with E-state index in [0.717, 1.165) is 12.8 Å². The summed E-state index contributed by atoms with van der Waals surface area (Å²) in [5.74, 6) is 0.597. The first-order valence-corrected chi connectivity index (χ1v) is 5.92. The van der Waals surface area contributed by atoms with Crippen LogP contribution in [0.2, 0.25) is 0 Å². The fourth-order valence-corrected chi connectivity index (χ4v) is 2.12. The first-order valence-electron chi connectivity index (χ1n) is 5.51. The number of nitrogens with zero attached hydrogens (tertiary/aromatic N) is 1. The molecule has 1 saturated heterocycles. The van der Waals surface area contributed by atoms with Crippen molar-refractivity contribution < 1.29 is 9.47 Å². The van der Waals surface area contributed by atoms with Gasteiger partial charge in [-0.2, -0.15) is 0 Å². The zero-order chi connectivity index (χ0) is 11.5. The molecule has 0 radical (unpaired) electrons. The second-order valence-corrected chi connectivity index (χ2v) is 4.67. The van der Waals surface area contributed by atoms with Gasteiger partial charge >= 0.3 is 0 Å². The molecule has 1 unspecified atom stereocenters. The highest BCUT2D eigenvalue weighted by molar-refractivity contribution is 7.71. The molecule has 1 fully saturated rings. The van der Waals surface area contributed by atoms with Crippen LogP contribution in [-0.4, -0.2) is 28.5 Å². The Kier molecular flexibility index (Phi) is 3.56. The molecule has 5 heteroatoms. The maximum absolute atomic E-state index is 5.78. The topological polar surface area (TPSA) is 47.1 Å². The molecule has 0 amide bonds. The first-order chi connectivity index (χ1) is 7.63. The summed E-state index contributed by atoms with van der Waals surface area (Å²) < 4.78 is 12.0. The van der Waals surface area contributed by atoms with Crippen LogP contribution in [0.1, 0.15) is 26.7 Å². The number of ether oxygens (including phenoxy) is 2. The molecule has 2 heterocycles. The highest BCUT2D eigenvalue weighted by atomic mass is 32.1. The summed E-state index contributed by atoms with van der Waals surface area (Å²) >= 11 is 4.92. The first kappa shape index (κ1) is 11.5. The van der Waals surface area contributed by atoms with Gasteiger partial charge in [0.05, 0.1) is 12.2 Å². The molecule has 4 nitrogen and oxygen atoms in total. The highest BCUT2D eigenvalue weighted by Gasteiger charge is 2.25. The summed E-state index contributed by atoms with van der Waals surface area (Å²) in [6.07, 6.45) is 2.48. The summed E-state index contributed by atoms with van der Waals surface area (Å²) in [4.78, 5) is 0. The lowest BCUT2D eigenvalue weighted by Crippen LogP contribution is -2.35. The highest BCUT2D eigenvalue weighted by Crippen LogP contribution is 2.22. The van der Waals surface area contributed by atoms with Gasteiger partial charge in [-0.05, 0) is 19.9 Å². The molecule has 3 atom stereocenters.